The maximum atomic E-state index is 12.8. The van der Waals surface area contributed by atoms with Crippen molar-refractivity contribution < 1.29 is 9.59 Å². The molecule has 0 aliphatic heterocycles. The third-order valence-corrected chi connectivity index (χ3v) is 5.37. The summed E-state index contributed by atoms with van der Waals surface area (Å²) >= 11 is 0. The summed E-state index contributed by atoms with van der Waals surface area (Å²) in [4.78, 5) is 29.3. The third kappa shape index (κ3) is 4.87. The van der Waals surface area contributed by atoms with Crippen LogP contribution >= 0.6 is 0 Å². The molecule has 156 valence electrons. The van der Waals surface area contributed by atoms with E-state index in [0.29, 0.717) is 13.0 Å². The smallest absolute Gasteiger partial charge is 0.244 e. The molecule has 1 saturated carbocycles. The molecule has 0 radical (unpaired) electrons. The Kier molecular flexibility index (Phi) is 5.84. The van der Waals surface area contributed by atoms with E-state index in [9.17, 15) is 9.59 Å². The SMILES string of the molecule is Cc1cc(C)cc(NC(=O)Cn2c(CCCNC(=O)C3CC3)nc3ccccc32)c1. The monoisotopic (exact) mass is 404 g/mol. The van der Waals surface area contributed by atoms with Crippen LogP contribution in [0.4, 0.5) is 5.69 Å². The van der Waals surface area contributed by atoms with Crippen molar-refractivity contribution in [1.82, 2.24) is 14.9 Å². The lowest BCUT2D eigenvalue weighted by molar-refractivity contribution is -0.122. The first-order valence-corrected chi connectivity index (χ1v) is 10.6. The number of rotatable bonds is 8. The van der Waals surface area contributed by atoms with Crippen molar-refractivity contribution in [3.63, 3.8) is 0 Å². The van der Waals surface area contributed by atoms with Crippen LogP contribution in [0.5, 0.6) is 0 Å². The summed E-state index contributed by atoms with van der Waals surface area (Å²) in [6.45, 7) is 4.88. The minimum atomic E-state index is -0.0774. The van der Waals surface area contributed by atoms with E-state index in [-0.39, 0.29) is 24.3 Å². The normalized spacial score (nSPS) is 13.4. The zero-order chi connectivity index (χ0) is 21.1. The maximum absolute atomic E-state index is 12.8. The molecule has 1 aliphatic rings. The number of anilines is 1. The highest BCUT2D eigenvalue weighted by Gasteiger charge is 2.29. The Morgan fingerprint density at radius 1 is 1.10 bits per heavy atom. The summed E-state index contributed by atoms with van der Waals surface area (Å²) in [7, 11) is 0. The van der Waals surface area contributed by atoms with Crippen molar-refractivity contribution in [3.8, 4) is 0 Å². The fourth-order valence-corrected chi connectivity index (χ4v) is 3.83. The number of benzene rings is 2. The summed E-state index contributed by atoms with van der Waals surface area (Å²) in [5, 5.41) is 6.01. The largest absolute Gasteiger partial charge is 0.356 e. The molecule has 6 nitrogen and oxygen atoms in total. The van der Waals surface area contributed by atoms with Gasteiger partial charge in [-0.05, 0) is 68.5 Å². The van der Waals surface area contributed by atoms with Crippen molar-refractivity contribution >= 4 is 28.5 Å². The first kappa shape index (κ1) is 20.1. The molecule has 1 heterocycles. The van der Waals surface area contributed by atoms with Crippen LogP contribution in [0.1, 0.15) is 36.2 Å². The van der Waals surface area contributed by atoms with Crippen LogP contribution in [0, 0.1) is 19.8 Å². The molecule has 2 amide bonds. The molecule has 0 atom stereocenters. The first-order chi connectivity index (χ1) is 14.5. The molecule has 6 heteroatoms. The number of hydrogen-bond donors (Lipinski definition) is 2. The Bertz CT molecular complexity index is 1060. The average molecular weight is 405 g/mol. The molecule has 1 fully saturated rings. The fraction of sp³-hybridized carbons (Fsp3) is 0.375. The minimum absolute atomic E-state index is 0.0774. The second kappa shape index (κ2) is 8.69. The van der Waals surface area contributed by atoms with Gasteiger partial charge in [0.1, 0.15) is 12.4 Å². The second-order valence-electron chi connectivity index (χ2n) is 8.20. The van der Waals surface area contributed by atoms with Crippen molar-refractivity contribution in [3.05, 3.63) is 59.4 Å². The van der Waals surface area contributed by atoms with E-state index in [1.54, 1.807) is 0 Å². The molecule has 2 N–H and O–H groups in total. The van der Waals surface area contributed by atoms with Crippen LogP contribution in [0.3, 0.4) is 0 Å². The summed E-state index contributed by atoms with van der Waals surface area (Å²) in [6.07, 6.45) is 3.52. The fourth-order valence-electron chi connectivity index (χ4n) is 3.83. The number of aryl methyl sites for hydroxylation is 3. The van der Waals surface area contributed by atoms with Gasteiger partial charge in [0.05, 0.1) is 11.0 Å². The highest BCUT2D eigenvalue weighted by molar-refractivity contribution is 5.92. The summed E-state index contributed by atoms with van der Waals surface area (Å²) in [5.74, 6) is 1.18. The van der Waals surface area contributed by atoms with Gasteiger partial charge in [0.25, 0.3) is 0 Å². The van der Waals surface area contributed by atoms with Crippen LogP contribution in [0.25, 0.3) is 11.0 Å². The number of para-hydroxylation sites is 2. The number of aromatic nitrogens is 2. The number of amides is 2. The molecular formula is C24H28N4O2. The Labute approximate surface area is 176 Å². The van der Waals surface area contributed by atoms with Gasteiger partial charge in [-0.3, -0.25) is 9.59 Å². The zero-order valence-corrected chi connectivity index (χ0v) is 17.6. The standard InChI is InChI=1S/C24H28N4O2/c1-16-12-17(2)14-19(13-16)26-23(29)15-28-21-7-4-3-6-20(21)27-22(28)8-5-11-25-24(30)18-9-10-18/h3-4,6-7,12-14,18H,5,8-11,15H2,1-2H3,(H,25,30)(H,26,29). The topological polar surface area (TPSA) is 76.0 Å². The van der Waals surface area contributed by atoms with Crippen LogP contribution in [0.2, 0.25) is 0 Å². The number of nitrogens with zero attached hydrogens (tertiary/aromatic N) is 2. The van der Waals surface area contributed by atoms with Crippen molar-refractivity contribution in [2.75, 3.05) is 11.9 Å². The van der Waals surface area contributed by atoms with E-state index in [1.807, 2.05) is 54.8 Å². The van der Waals surface area contributed by atoms with Gasteiger partial charge in [-0.2, -0.15) is 0 Å². The Morgan fingerprint density at radius 2 is 1.83 bits per heavy atom. The summed E-state index contributed by atoms with van der Waals surface area (Å²) < 4.78 is 1.98. The molecule has 1 aromatic heterocycles. The average Bonchev–Trinajstić information content (AvgIpc) is 3.48. The van der Waals surface area contributed by atoms with E-state index in [4.69, 9.17) is 4.98 Å². The third-order valence-electron chi connectivity index (χ3n) is 5.37. The van der Waals surface area contributed by atoms with Crippen molar-refractivity contribution in [2.45, 2.75) is 46.1 Å². The van der Waals surface area contributed by atoms with Gasteiger partial charge in [0.2, 0.25) is 11.8 Å². The highest BCUT2D eigenvalue weighted by Crippen LogP contribution is 2.28. The number of fused-ring (bicyclic) bond motifs is 1. The van der Waals surface area contributed by atoms with Crippen molar-refractivity contribution in [1.29, 1.82) is 0 Å². The second-order valence-corrected chi connectivity index (χ2v) is 8.20. The van der Waals surface area contributed by atoms with E-state index < -0.39 is 0 Å². The number of carbonyl (C=O) groups excluding carboxylic acids is 2. The maximum Gasteiger partial charge on any atom is 0.244 e. The molecule has 0 saturated heterocycles. The molecule has 30 heavy (non-hydrogen) atoms. The number of imidazole rings is 1. The number of carbonyl (C=O) groups is 2. The van der Waals surface area contributed by atoms with Gasteiger partial charge in [0.15, 0.2) is 0 Å². The molecule has 1 aliphatic carbocycles. The summed E-state index contributed by atoms with van der Waals surface area (Å²) in [5.41, 5.74) is 4.88. The first-order valence-electron chi connectivity index (χ1n) is 10.6. The molecule has 4 rings (SSSR count). The van der Waals surface area contributed by atoms with Crippen LogP contribution in [-0.2, 0) is 22.6 Å². The van der Waals surface area contributed by atoms with Gasteiger partial charge in [-0.1, -0.05) is 18.2 Å². The van der Waals surface area contributed by atoms with Gasteiger partial charge >= 0.3 is 0 Å². The van der Waals surface area contributed by atoms with Gasteiger partial charge in [0, 0.05) is 24.6 Å². The zero-order valence-electron chi connectivity index (χ0n) is 17.6. The quantitative estimate of drug-likeness (QED) is 0.562. The van der Waals surface area contributed by atoms with E-state index in [0.717, 1.165) is 52.9 Å². The lowest BCUT2D eigenvalue weighted by atomic mass is 10.1. The predicted octanol–water partition coefficient (Wildman–Crippen LogP) is 3.75. The molecule has 0 unspecified atom stereocenters. The van der Waals surface area contributed by atoms with Crippen LogP contribution in [0.15, 0.2) is 42.5 Å². The van der Waals surface area contributed by atoms with Crippen molar-refractivity contribution in [2.24, 2.45) is 5.92 Å². The van der Waals surface area contributed by atoms with Gasteiger partial charge in [-0.25, -0.2) is 4.98 Å². The highest BCUT2D eigenvalue weighted by atomic mass is 16.2. The molecular weight excluding hydrogens is 376 g/mol. The molecule has 0 spiro atoms. The Hall–Kier alpha value is -3.15. The van der Waals surface area contributed by atoms with E-state index >= 15 is 0 Å². The lowest BCUT2D eigenvalue weighted by Crippen LogP contribution is -2.26. The van der Waals surface area contributed by atoms with Gasteiger partial charge < -0.3 is 15.2 Å². The predicted molar refractivity (Wildman–Crippen MR) is 118 cm³/mol. The van der Waals surface area contributed by atoms with Crippen LogP contribution in [-0.4, -0.2) is 27.9 Å². The van der Waals surface area contributed by atoms with Gasteiger partial charge in [-0.15, -0.1) is 0 Å². The minimum Gasteiger partial charge on any atom is -0.356 e. The molecule has 3 aromatic rings. The van der Waals surface area contributed by atoms with E-state index in [2.05, 4.69) is 16.7 Å². The Morgan fingerprint density at radius 3 is 2.57 bits per heavy atom. The van der Waals surface area contributed by atoms with E-state index in [1.165, 1.54) is 0 Å². The summed E-state index contributed by atoms with van der Waals surface area (Å²) in [6, 6.07) is 13.9. The molecule has 2 aromatic carbocycles. The number of hydrogen-bond acceptors (Lipinski definition) is 3. The number of nitrogens with one attached hydrogen (secondary N) is 2. The molecule has 0 bridgehead atoms. The lowest BCUT2D eigenvalue weighted by Gasteiger charge is -2.11. The van der Waals surface area contributed by atoms with Crippen LogP contribution < -0.4 is 10.6 Å². The Balaban J connectivity index is 1.45.